The highest BCUT2D eigenvalue weighted by atomic mass is 35.5. The fraction of sp³-hybridized carbons (Fsp3) is 0.583. The number of halogens is 1. The van der Waals surface area contributed by atoms with E-state index in [1.807, 2.05) is 0 Å². The lowest BCUT2D eigenvalue weighted by atomic mass is 10.3. The summed E-state index contributed by atoms with van der Waals surface area (Å²) in [7, 11) is 2.89. The van der Waals surface area contributed by atoms with Crippen LogP contribution in [0.1, 0.15) is 23.7 Å². The second-order valence-corrected chi connectivity index (χ2v) is 3.77. The third-order valence-electron chi connectivity index (χ3n) is 2.41. The number of hydrogen-bond donors (Lipinski definition) is 2. The van der Waals surface area contributed by atoms with Gasteiger partial charge in [0.05, 0.1) is 14.2 Å². The molecule has 0 aliphatic carbocycles. The average molecular weight is 305 g/mol. The summed E-state index contributed by atoms with van der Waals surface area (Å²) in [6.45, 7) is 4.23. The number of rotatable bonds is 8. The number of carbonyl (C=O) groups is 1. The van der Waals surface area contributed by atoms with E-state index in [1.54, 1.807) is 0 Å². The van der Waals surface area contributed by atoms with Crippen LogP contribution in [0.2, 0.25) is 0 Å². The summed E-state index contributed by atoms with van der Waals surface area (Å²) < 4.78 is 10.1. The smallest absolute Gasteiger partial charge is 0.262 e. The van der Waals surface area contributed by atoms with Gasteiger partial charge in [-0.3, -0.25) is 4.79 Å². The van der Waals surface area contributed by atoms with Gasteiger partial charge in [-0.25, -0.2) is 9.97 Å². The molecule has 0 aromatic carbocycles. The monoisotopic (exact) mass is 304 g/mol. The van der Waals surface area contributed by atoms with Gasteiger partial charge >= 0.3 is 0 Å². The quantitative estimate of drug-likeness (QED) is 0.686. The third kappa shape index (κ3) is 5.18. The summed E-state index contributed by atoms with van der Waals surface area (Å²) in [5, 5.41) is 5.96. The van der Waals surface area contributed by atoms with Crippen molar-refractivity contribution in [3.05, 3.63) is 11.9 Å². The standard InChI is InChI=1S/C12H20N4O3.ClH/c1-4-5-13-6-7-14-10(17)9-11(18-2)15-8-16-12(9)19-3;/h8,13H,4-7H2,1-3H3,(H,14,17);1H. The molecule has 0 unspecified atom stereocenters. The predicted molar refractivity (Wildman–Crippen MR) is 77.9 cm³/mol. The van der Waals surface area contributed by atoms with Gasteiger partial charge in [-0.2, -0.15) is 0 Å². The Labute approximate surface area is 124 Å². The molecule has 0 radical (unpaired) electrons. The summed E-state index contributed by atoms with van der Waals surface area (Å²) in [6.07, 6.45) is 2.35. The van der Waals surface area contributed by atoms with E-state index >= 15 is 0 Å². The molecule has 1 aromatic rings. The minimum atomic E-state index is -0.312. The summed E-state index contributed by atoms with van der Waals surface area (Å²) in [6, 6.07) is 0. The molecule has 0 saturated carbocycles. The Morgan fingerprint density at radius 2 is 1.75 bits per heavy atom. The minimum absolute atomic E-state index is 0. The van der Waals surface area contributed by atoms with Gasteiger partial charge in [-0.05, 0) is 13.0 Å². The molecule has 0 spiro atoms. The van der Waals surface area contributed by atoms with Crippen LogP contribution in [0.15, 0.2) is 6.33 Å². The number of aromatic nitrogens is 2. The molecule has 20 heavy (non-hydrogen) atoms. The van der Waals surface area contributed by atoms with Crippen LogP contribution in [0.25, 0.3) is 0 Å². The van der Waals surface area contributed by atoms with Gasteiger partial charge in [-0.1, -0.05) is 6.92 Å². The van der Waals surface area contributed by atoms with E-state index in [0.29, 0.717) is 13.1 Å². The first-order chi connectivity index (χ1) is 9.24. The van der Waals surface area contributed by atoms with Crippen LogP contribution < -0.4 is 20.1 Å². The first kappa shape index (κ1) is 18.4. The van der Waals surface area contributed by atoms with Gasteiger partial charge < -0.3 is 20.1 Å². The van der Waals surface area contributed by atoms with Crippen molar-refractivity contribution in [2.24, 2.45) is 0 Å². The molecular weight excluding hydrogens is 284 g/mol. The highest BCUT2D eigenvalue weighted by molar-refractivity contribution is 5.98. The van der Waals surface area contributed by atoms with Crippen LogP contribution >= 0.6 is 12.4 Å². The molecule has 1 rings (SSSR count). The predicted octanol–water partition coefficient (Wildman–Crippen LogP) is 0.645. The van der Waals surface area contributed by atoms with Crippen LogP contribution in [0, 0.1) is 0 Å². The Bertz CT molecular complexity index is 395. The van der Waals surface area contributed by atoms with Gasteiger partial charge in [0.1, 0.15) is 6.33 Å². The van der Waals surface area contributed by atoms with Crippen molar-refractivity contribution >= 4 is 18.3 Å². The lowest BCUT2D eigenvalue weighted by Gasteiger charge is -2.11. The van der Waals surface area contributed by atoms with Crippen molar-refractivity contribution in [3.63, 3.8) is 0 Å². The number of methoxy groups -OCH3 is 2. The summed E-state index contributed by atoms with van der Waals surface area (Å²) >= 11 is 0. The molecule has 1 amide bonds. The normalized spacial score (nSPS) is 9.55. The number of carbonyl (C=O) groups excluding carboxylic acids is 1. The van der Waals surface area contributed by atoms with Crippen LogP contribution in [-0.4, -0.2) is 49.7 Å². The molecule has 0 aliphatic heterocycles. The molecule has 114 valence electrons. The lowest BCUT2D eigenvalue weighted by Crippen LogP contribution is -2.32. The summed E-state index contributed by atoms with van der Waals surface area (Å²) in [5.41, 5.74) is 0.211. The molecule has 2 N–H and O–H groups in total. The van der Waals surface area contributed by atoms with Gasteiger partial charge in [0.15, 0.2) is 5.56 Å². The number of amides is 1. The van der Waals surface area contributed by atoms with Crippen LogP contribution in [0.4, 0.5) is 0 Å². The Morgan fingerprint density at radius 1 is 1.15 bits per heavy atom. The van der Waals surface area contributed by atoms with Crippen molar-refractivity contribution in [3.8, 4) is 11.8 Å². The number of hydrogen-bond acceptors (Lipinski definition) is 6. The van der Waals surface area contributed by atoms with E-state index in [9.17, 15) is 4.79 Å². The van der Waals surface area contributed by atoms with Gasteiger partial charge in [0.25, 0.3) is 5.91 Å². The molecule has 0 saturated heterocycles. The number of nitrogens with one attached hydrogen (secondary N) is 2. The zero-order valence-corrected chi connectivity index (χ0v) is 12.7. The zero-order chi connectivity index (χ0) is 14.1. The van der Waals surface area contributed by atoms with E-state index in [4.69, 9.17) is 9.47 Å². The van der Waals surface area contributed by atoms with Crippen molar-refractivity contribution in [1.29, 1.82) is 0 Å². The number of ether oxygens (including phenoxy) is 2. The molecule has 8 heteroatoms. The largest absolute Gasteiger partial charge is 0.480 e. The topological polar surface area (TPSA) is 85.4 Å². The Morgan fingerprint density at radius 3 is 2.25 bits per heavy atom. The highest BCUT2D eigenvalue weighted by Gasteiger charge is 2.20. The first-order valence-electron chi connectivity index (χ1n) is 6.16. The Balaban J connectivity index is 0.00000361. The molecule has 0 fully saturated rings. The van der Waals surface area contributed by atoms with Crippen molar-refractivity contribution in [2.45, 2.75) is 13.3 Å². The van der Waals surface area contributed by atoms with E-state index in [0.717, 1.165) is 13.0 Å². The zero-order valence-electron chi connectivity index (χ0n) is 11.9. The second-order valence-electron chi connectivity index (χ2n) is 3.77. The van der Waals surface area contributed by atoms with Crippen molar-refractivity contribution < 1.29 is 14.3 Å². The molecule has 0 aliphatic rings. The van der Waals surface area contributed by atoms with Gasteiger partial charge in [0, 0.05) is 13.1 Å². The second kappa shape index (κ2) is 10.2. The van der Waals surface area contributed by atoms with E-state index in [2.05, 4.69) is 27.5 Å². The highest BCUT2D eigenvalue weighted by Crippen LogP contribution is 2.22. The fourth-order valence-electron chi connectivity index (χ4n) is 1.51. The molecule has 0 bridgehead atoms. The Kier molecular flexibility index (Phi) is 9.40. The van der Waals surface area contributed by atoms with Gasteiger partial charge in [0.2, 0.25) is 11.8 Å². The average Bonchev–Trinajstić information content (AvgIpc) is 2.45. The molecule has 1 heterocycles. The lowest BCUT2D eigenvalue weighted by molar-refractivity contribution is 0.0946. The maximum atomic E-state index is 12.1. The van der Waals surface area contributed by atoms with E-state index in [-0.39, 0.29) is 35.6 Å². The maximum Gasteiger partial charge on any atom is 0.262 e. The fourth-order valence-corrected chi connectivity index (χ4v) is 1.51. The van der Waals surface area contributed by atoms with E-state index < -0.39 is 0 Å². The third-order valence-corrected chi connectivity index (χ3v) is 2.41. The minimum Gasteiger partial charge on any atom is -0.480 e. The Hall–Kier alpha value is -1.60. The van der Waals surface area contributed by atoms with Crippen LogP contribution in [0.5, 0.6) is 11.8 Å². The van der Waals surface area contributed by atoms with Crippen molar-refractivity contribution in [2.75, 3.05) is 33.9 Å². The van der Waals surface area contributed by atoms with Crippen molar-refractivity contribution in [1.82, 2.24) is 20.6 Å². The van der Waals surface area contributed by atoms with Gasteiger partial charge in [-0.15, -0.1) is 12.4 Å². The summed E-state index contributed by atoms with van der Waals surface area (Å²) in [4.78, 5) is 19.8. The SMILES string of the molecule is CCCNCCNC(=O)c1c(OC)ncnc1OC.Cl. The summed E-state index contributed by atoms with van der Waals surface area (Å²) in [5.74, 6) is 0.0873. The van der Waals surface area contributed by atoms with Crippen LogP contribution in [0.3, 0.4) is 0 Å². The van der Waals surface area contributed by atoms with Crippen LogP contribution in [-0.2, 0) is 0 Å². The molecule has 0 atom stereocenters. The molecule has 1 aromatic heterocycles. The number of nitrogens with zero attached hydrogens (tertiary/aromatic N) is 2. The molecule has 7 nitrogen and oxygen atoms in total. The first-order valence-corrected chi connectivity index (χ1v) is 6.16. The molecular formula is C12H21ClN4O3. The maximum absolute atomic E-state index is 12.1. The van der Waals surface area contributed by atoms with E-state index in [1.165, 1.54) is 20.5 Å².